The molecule has 12 rings (SSSR count). The zero-order valence-corrected chi connectivity index (χ0v) is 40.1. The minimum absolute atomic E-state index is 0.457. The number of fused-ring (bicyclic) bond motifs is 6. The molecule has 8 nitrogen and oxygen atoms in total. The van der Waals surface area contributed by atoms with Gasteiger partial charge in [0.25, 0.3) is 0 Å². The summed E-state index contributed by atoms with van der Waals surface area (Å²) in [7, 11) is 0. The highest BCUT2D eigenvalue weighted by Crippen LogP contribution is 2.45. The van der Waals surface area contributed by atoms with E-state index in [4.69, 9.17) is 11.6 Å². The molecule has 0 fully saturated rings. The van der Waals surface area contributed by atoms with Crippen LogP contribution in [0.2, 0.25) is 0 Å². The summed E-state index contributed by atoms with van der Waals surface area (Å²) in [5.41, 5.74) is 18.9. The second-order valence-electron chi connectivity index (χ2n) is 18.5. The number of nitrogens with zero attached hydrogens (tertiary/aromatic N) is 8. The summed E-state index contributed by atoms with van der Waals surface area (Å²) in [6, 6.07) is 73.7. The highest BCUT2D eigenvalue weighted by atomic mass is 15.0. The normalized spacial score (nSPS) is 11.0. The lowest BCUT2D eigenvalue weighted by Gasteiger charge is -2.21. The fourth-order valence-electron chi connectivity index (χ4n) is 10.6. The van der Waals surface area contributed by atoms with E-state index in [9.17, 15) is 21.0 Å². The molecule has 0 unspecified atom stereocenters. The van der Waals surface area contributed by atoms with E-state index in [-0.39, 0.29) is 0 Å². The van der Waals surface area contributed by atoms with E-state index in [1.807, 2.05) is 105 Å². The molecule has 0 radical (unpaired) electrons. The van der Waals surface area contributed by atoms with Crippen molar-refractivity contribution in [2.75, 3.05) is 0 Å². The molecule has 0 aliphatic heterocycles. The van der Waals surface area contributed by atoms with Crippen LogP contribution < -0.4 is 0 Å². The number of pyridine rings is 1. The van der Waals surface area contributed by atoms with E-state index in [0.29, 0.717) is 27.9 Å². The number of aryl methyl sites for hydroxylation is 2. The molecule has 12 aromatic rings. The number of hydrogen-bond donors (Lipinski definition) is 0. The standard InChI is InChI=1S/C66H38N8/c1-40-24-54(25-41(2)72-40)66-64(73-60-20-16-50(46-11-4-8-42(26-46)36-67)32-56(60)57-33-51(17-21-61(57)73)47-12-5-9-43(27-47)37-68)29-45(39-70)30-65(66)74-62-22-18-52(48-13-6-10-44(28-48)38-69)34-58(62)59-35-53(19-23-63(59)74)49-14-7-15-55(31-49)71-3/h4-35H,1-2H3. The van der Waals surface area contributed by atoms with Crippen LogP contribution in [0.1, 0.15) is 33.6 Å². The maximum Gasteiger partial charge on any atom is 0.187 e. The van der Waals surface area contributed by atoms with Gasteiger partial charge in [0.2, 0.25) is 0 Å². The Kier molecular flexibility index (Phi) is 10.7. The molecule has 0 aliphatic carbocycles. The van der Waals surface area contributed by atoms with Crippen LogP contribution in [0, 0.1) is 65.7 Å². The third-order valence-corrected chi connectivity index (χ3v) is 13.9. The number of benzene rings is 9. The molecule has 0 amide bonds. The Hall–Kier alpha value is -10.8. The van der Waals surface area contributed by atoms with Crippen molar-refractivity contribution in [1.82, 2.24) is 14.1 Å². The first-order valence-electron chi connectivity index (χ1n) is 23.9. The van der Waals surface area contributed by atoms with Gasteiger partial charge in [-0.15, -0.1) is 0 Å². The van der Waals surface area contributed by atoms with E-state index < -0.39 is 0 Å². The second-order valence-corrected chi connectivity index (χ2v) is 18.5. The van der Waals surface area contributed by atoms with Crippen LogP contribution >= 0.6 is 0 Å². The maximum atomic E-state index is 11.1. The summed E-state index contributed by atoms with van der Waals surface area (Å²) in [6.07, 6.45) is 0. The molecule has 3 heterocycles. The monoisotopic (exact) mass is 942 g/mol. The topological polar surface area (TPSA) is 122 Å². The van der Waals surface area contributed by atoms with Crippen molar-refractivity contribution in [3.8, 4) is 91.3 Å². The zero-order chi connectivity index (χ0) is 50.6. The van der Waals surface area contributed by atoms with Gasteiger partial charge in [-0.3, -0.25) is 4.98 Å². The quantitative estimate of drug-likeness (QED) is 0.147. The molecule has 0 aliphatic rings. The van der Waals surface area contributed by atoms with Gasteiger partial charge in [-0.2, -0.15) is 21.0 Å². The molecule has 8 heteroatoms. The van der Waals surface area contributed by atoms with Crippen LogP contribution in [0.25, 0.3) is 115 Å². The third-order valence-electron chi connectivity index (χ3n) is 13.9. The lowest BCUT2D eigenvalue weighted by atomic mass is 9.97. The molecule has 0 saturated heterocycles. The first kappa shape index (κ1) is 44.4. The van der Waals surface area contributed by atoms with Crippen LogP contribution in [0.5, 0.6) is 0 Å². The predicted octanol–water partition coefficient (Wildman–Crippen LogP) is 16.3. The summed E-state index contributed by atoms with van der Waals surface area (Å²) in [5.74, 6) is 0. The zero-order valence-electron chi connectivity index (χ0n) is 40.1. The average molecular weight is 943 g/mol. The van der Waals surface area contributed by atoms with E-state index in [0.717, 1.165) is 122 Å². The fraction of sp³-hybridized carbons (Fsp3) is 0.0303. The fourth-order valence-corrected chi connectivity index (χ4v) is 10.6. The summed E-state index contributed by atoms with van der Waals surface area (Å²) in [6.45, 7) is 11.8. The number of nitriles is 4. The molecule has 9 aromatic carbocycles. The van der Waals surface area contributed by atoms with Gasteiger partial charge >= 0.3 is 0 Å². The molecule has 0 spiro atoms. The Morgan fingerprint density at radius 3 is 1.05 bits per heavy atom. The van der Waals surface area contributed by atoms with Gasteiger partial charge in [0.15, 0.2) is 5.69 Å². The van der Waals surface area contributed by atoms with Gasteiger partial charge in [-0.05, 0) is 179 Å². The van der Waals surface area contributed by atoms with Crippen LogP contribution in [-0.2, 0) is 0 Å². The summed E-state index contributed by atoms with van der Waals surface area (Å²) < 4.78 is 4.52. The second kappa shape index (κ2) is 17.9. The first-order chi connectivity index (χ1) is 36.2. The highest BCUT2D eigenvalue weighted by molar-refractivity contribution is 6.14. The van der Waals surface area contributed by atoms with Gasteiger partial charge in [-0.25, -0.2) is 4.85 Å². The van der Waals surface area contributed by atoms with Gasteiger partial charge in [0, 0.05) is 38.5 Å². The SMILES string of the molecule is [C-]#[N+]c1cccc(-c2ccc3c(c2)c2cc(-c4cccc(C#N)c4)ccc2n3-c2cc(C#N)cc(-n3c4ccc(-c5cccc(C#N)c5)cc4c4cc(-c5cccc(C#N)c5)ccc43)c2-c2cc(C)nc(C)c2)c1. The molecular formula is C66H38N8. The molecule has 0 saturated carbocycles. The summed E-state index contributed by atoms with van der Waals surface area (Å²) >= 11 is 0. The Labute approximate surface area is 426 Å². The van der Waals surface area contributed by atoms with Gasteiger partial charge < -0.3 is 9.13 Å². The van der Waals surface area contributed by atoms with E-state index in [2.05, 4.69) is 123 Å². The number of hydrogen-bond acceptors (Lipinski definition) is 5. The molecular weight excluding hydrogens is 905 g/mol. The van der Waals surface area contributed by atoms with Crippen molar-refractivity contribution in [3.63, 3.8) is 0 Å². The summed E-state index contributed by atoms with van der Waals surface area (Å²) in [4.78, 5) is 8.56. The molecule has 0 N–H and O–H groups in total. The van der Waals surface area contributed by atoms with Crippen molar-refractivity contribution >= 4 is 49.3 Å². The molecule has 3 aromatic heterocycles. The lowest BCUT2D eigenvalue weighted by molar-refractivity contribution is 1.11. The molecule has 74 heavy (non-hydrogen) atoms. The van der Waals surface area contributed by atoms with E-state index in [1.54, 1.807) is 18.2 Å². The largest absolute Gasteiger partial charge is 0.308 e. The Balaban J connectivity index is 1.20. The van der Waals surface area contributed by atoms with E-state index in [1.165, 1.54) is 0 Å². The van der Waals surface area contributed by atoms with E-state index >= 15 is 0 Å². The van der Waals surface area contributed by atoms with Crippen molar-refractivity contribution < 1.29 is 0 Å². The van der Waals surface area contributed by atoms with Gasteiger partial charge in [-0.1, -0.05) is 78.9 Å². The average Bonchev–Trinajstić information content (AvgIpc) is 3.95. The van der Waals surface area contributed by atoms with Crippen LogP contribution in [0.4, 0.5) is 5.69 Å². The van der Waals surface area contributed by atoms with Crippen LogP contribution in [0.15, 0.2) is 194 Å². The lowest BCUT2D eigenvalue weighted by Crippen LogP contribution is -2.05. The number of rotatable bonds is 7. The smallest absolute Gasteiger partial charge is 0.187 e. The van der Waals surface area contributed by atoms with Gasteiger partial charge in [0.1, 0.15) is 0 Å². The third kappa shape index (κ3) is 7.56. The van der Waals surface area contributed by atoms with Crippen molar-refractivity contribution in [2.24, 2.45) is 0 Å². The first-order valence-corrected chi connectivity index (χ1v) is 23.9. The van der Waals surface area contributed by atoms with Crippen LogP contribution in [-0.4, -0.2) is 14.1 Å². The maximum absolute atomic E-state index is 11.1. The van der Waals surface area contributed by atoms with Crippen LogP contribution in [0.3, 0.4) is 0 Å². The minimum Gasteiger partial charge on any atom is -0.308 e. The molecule has 0 bridgehead atoms. The molecule has 0 atom stereocenters. The minimum atomic E-state index is 0.457. The van der Waals surface area contributed by atoms with Gasteiger partial charge in [0.05, 0.1) is 86.5 Å². The molecule has 342 valence electrons. The Bertz CT molecular complexity index is 4080. The number of aromatic nitrogens is 3. The predicted molar refractivity (Wildman–Crippen MR) is 295 cm³/mol. The Morgan fingerprint density at radius 1 is 0.365 bits per heavy atom. The van der Waals surface area contributed by atoms with Crippen molar-refractivity contribution in [2.45, 2.75) is 13.8 Å². The Morgan fingerprint density at radius 2 is 0.703 bits per heavy atom. The highest BCUT2D eigenvalue weighted by Gasteiger charge is 2.25. The van der Waals surface area contributed by atoms with Crippen molar-refractivity contribution in [3.05, 3.63) is 239 Å². The van der Waals surface area contributed by atoms with Crippen molar-refractivity contribution in [1.29, 1.82) is 21.0 Å². The summed E-state index contributed by atoms with van der Waals surface area (Å²) in [5, 5.41) is 44.6.